The van der Waals surface area contributed by atoms with Crippen molar-refractivity contribution >= 4 is 23.4 Å². The number of piperazine rings is 1. The van der Waals surface area contributed by atoms with Gasteiger partial charge >= 0.3 is 5.69 Å². The summed E-state index contributed by atoms with van der Waals surface area (Å²) in [4.78, 5) is 33.3. The molecule has 1 saturated carbocycles. The van der Waals surface area contributed by atoms with E-state index in [1.807, 2.05) is 0 Å². The Morgan fingerprint density at radius 2 is 1.93 bits per heavy atom. The number of rotatable bonds is 6. The largest absolute Gasteiger partial charge is 0.378 e. The molecule has 2 heterocycles. The lowest BCUT2D eigenvalue weighted by Crippen LogP contribution is -2.48. The summed E-state index contributed by atoms with van der Waals surface area (Å²) < 4.78 is 0. The van der Waals surface area contributed by atoms with Crippen LogP contribution in [0.25, 0.3) is 0 Å². The standard InChI is InChI=1S/C17H28N8O3/c18-12-3-1-11(2-4-12)9-13-15(25(27)28)16(19)23-17(22-13)21-10-14(26)24-7-5-20-6-8-24/h11-12,20H,1-10,18H2,(H3,19,21,22,23). The second-order valence-electron chi connectivity index (χ2n) is 7.45. The molecule has 6 N–H and O–H groups in total. The summed E-state index contributed by atoms with van der Waals surface area (Å²) in [5.41, 5.74) is 11.9. The molecule has 28 heavy (non-hydrogen) atoms. The van der Waals surface area contributed by atoms with Crippen LogP contribution >= 0.6 is 0 Å². The number of nitro groups is 1. The summed E-state index contributed by atoms with van der Waals surface area (Å²) in [6.07, 6.45) is 4.09. The molecule has 0 atom stereocenters. The number of nitrogen functional groups attached to an aromatic ring is 1. The zero-order valence-electron chi connectivity index (χ0n) is 15.9. The van der Waals surface area contributed by atoms with Gasteiger partial charge in [0.15, 0.2) is 0 Å². The second-order valence-corrected chi connectivity index (χ2v) is 7.45. The van der Waals surface area contributed by atoms with Gasteiger partial charge in [-0.3, -0.25) is 14.9 Å². The number of nitrogens with two attached hydrogens (primary N) is 2. The predicted molar refractivity (Wildman–Crippen MR) is 105 cm³/mol. The fraction of sp³-hybridized carbons (Fsp3) is 0.706. The van der Waals surface area contributed by atoms with Gasteiger partial charge in [-0.1, -0.05) is 0 Å². The number of hydrogen-bond acceptors (Lipinski definition) is 9. The summed E-state index contributed by atoms with van der Waals surface area (Å²) in [6, 6.07) is 0.204. The van der Waals surface area contributed by atoms with Crippen LogP contribution in [0.2, 0.25) is 0 Å². The fourth-order valence-corrected chi connectivity index (χ4v) is 3.79. The first-order chi connectivity index (χ1) is 13.4. The van der Waals surface area contributed by atoms with Crippen molar-refractivity contribution in [1.82, 2.24) is 20.2 Å². The number of carbonyl (C=O) groups excluding carboxylic acids is 1. The molecule has 1 amide bonds. The summed E-state index contributed by atoms with van der Waals surface area (Å²) >= 11 is 0. The van der Waals surface area contributed by atoms with Crippen molar-refractivity contribution in [2.45, 2.75) is 38.1 Å². The van der Waals surface area contributed by atoms with Crippen molar-refractivity contribution in [3.8, 4) is 0 Å². The topological polar surface area (TPSA) is 165 Å². The smallest absolute Gasteiger partial charge is 0.332 e. The van der Waals surface area contributed by atoms with Gasteiger partial charge in [-0.2, -0.15) is 4.98 Å². The Labute approximate surface area is 163 Å². The van der Waals surface area contributed by atoms with Gasteiger partial charge in [-0.25, -0.2) is 4.98 Å². The van der Waals surface area contributed by atoms with Crippen LogP contribution < -0.4 is 22.1 Å². The first-order valence-electron chi connectivity index (χ1n) is 9.72. The summed E-state index contributed by atoms with van der Waals surface area (Å²) in [5.74, 6) is 0.182. The molecule has 11 heteroatoms. The van der Waals surface area contributed by atoms with E-state index in [0.717, 1.165) is 38.8 Å². The number of aromatic nitrogens is 2. The van der Waals surface area contributed by atoms with Crippen molar-refractivity contribution in [3.05, 3.63) is 15.8 Å². The Balaban J connectivity index is 1.70. The molecule has 0 spiro atoms. The zero-order valence-corrected chi connectivity index (χ0v) is 15.9. The van der Waals surface area contributed by atoms with E-state index >= 15 is 0 Å². The molecule has 0 bridgehead atoms. The Kier molecular flexibility index (Phi) is 6.57. The highest BCUT2D eigenvalue weighted by molar-refractivity contribution is 5.80. The summed E-state index contributed by atoms with van der Waals surface area (Å²) in [6.45, 7) is 2.86. The van der Waals surface area contributed by atoms with Gasteiger partial charge < -0.3 is 27.0 Å². The van der Waals surface area contributed by atoms with Crippen molar-refractivity contribution in [2.75, 3.05) is 43.8 Å². The van der Waals surface area contributed by atoms with E-state index in [2.05, 4.69) is 20.6 Å². The quantitative estimate of drug-likeness (QED) is 0.381. The Bertz CT molecular complexity index is 715. The van der Waals surface area contributed by atoms with Crippen LogP contribution in [0.1, 0.15) is 31.4 Å². The van der Waals surface area contributed by atoms with Crippen LogP contribution in [-0.4, -0.2) is 64.5 Å². The molecule has 154 valence electrons. The van der Waals surface area contributed by atoms with Crippen molar-refractivity contribution < 1.29 is 9.72 Å². The molecular weight excluding hydrogens is 364 g/mol. The monoisotopic (exact) mass is 392 g/mol. The van der Waals surface area contributed by atoms with Crippen LogP contribution in [0.3, 0.4) is 0 Å². The first kappa shape index (κ1) is 20.2. The van der Waals surface area contributed by atoms with Crippen LogP contribution in [0.4, 0.5) is 17.5 Å². The SMILES string of the molecule is Nc1nc(NCC(=O)N2CCNCC2)nc(CC2CCC(N)CC2)c1[N+](=O)[O-]. The van der Waals surface area contributed by atoms with Crippen molar-refractivity contribution in [3.63, 3.8) is 0 Å². The molecule has 2 aliphatic rings. The molecule has 1 saturated heterocycles. The van der Waals surface area contributed by atoms with Gasteiger partial charge in [0.25, 0.3) is 0 Å². The predicted octanol–water partition coefficient (Wildman–Crippen LogP) is -0.129. The van der Waals surface area contributed by atoms with Crippen molar-refractivity contribution in [2.24, 2.45) is 11.7 Å². The molecule has 0 radical (unpaired) electrons. The van der Waals surface area contributed by atoms with E-state index in [0.29, 0.717) is 25.2 Å². The van der Waals surface area contributed by atoms with Gasteiger partial charge in [-0.05, 0) is 38.0 Å². The summed E-state index contributed by atoms with van der Waals surface area (Å²) in [7, 11) is 0. The third kappa shape index (κ3) is 5.04. The molecule has 11 nitrogen and oxygen atoms in total. The van der Waals surface area contributed by atoms with E-state index in [1.54, 1.807) is 4.90 Å². The fourth-order valence-electron chi connectivity index (χ4n) is 3.79. The molecule has 1 aromatic rings. The first-order valence-corrected chi connectivity index (χ1v) is 9.72. The lowest BCUT2D eigenvalue weighted by Gasteiger charge is -2.27. The van der Waals surface area contributed by atoms with Gasteiger partial charge in [0, 0.05) is 32.2 Å². The number of amides is 1. The van der Waals surface area contributed by atoms with Crippen LogP contribution in [0.5, 0.6) is 0 Å². The Morgan fingerprint density at radius 1 is 1.25 bits per heavy atom. The number of hydrogen-bond donors (Lipinski definition) is 4. The zero-order chi connectivity index (χ0) is 20.1. The maximum Gasteiger partial charge on any atom is 0.332 e. The van der Waals surface area contributed by atoms with E-state index in [-0.39, 0.29) is 41.9 Å². The molecule has 0 aromatic carbocycles. The maximum absolute atomic E-state index is 12.3. The average molecular weight is 392 g/mol. The Morgan fingerprint density at radius 3 is 2.57 bits per heavy atom. The van der Waals surface area contributed by atoms with Gasteiger partial charge in [-0.15, -0.1) is 0 Å². The molecule has 2 fully saturated rings. The molecule has 1 aliphatic carbocycles. The van der Waals surface area contributed by atoms with Crippen molar-refractivity contribution in [1.29, 1.82) is 0 Å². The number of nitrogens with zero attached hydrogens (tertiary/aromatic N) is 4. The third-order valence-corrected chi connectivity index (χ3v) is 5.41. The second kappa shape index (κ2) is 9.11. The molecule has 3 rings (SSSR count). The third-order valence-electron chi connectivity index (χ3n) is 5.41. The summed E-state index contributed by atoms with van der Waals surface area (Å²) in [5, 5.41) is 17.5. The molecule has 0 unspecified atom stereocenters. The lowest BCUT2D eigenvalue weighted by atomic mass is 9.83. The Hall–Kier alpha value is -2.53. The highest BCUT2D eigenvalue weighted by Gasteiger charge is 2.27. The van der Waals surface area contributed by atoms with E-state index in [9.17, 15) is 14.9 Å². The van der Waals surface area contributed by atoms with Gasteiger partial charge in [0.2, 0.25) is 17.7 Å². The van der Waals surface area contributed by atoms with Crippen LogP contribution in [-0.2, 0) is 11.2 Å². The molecule has 1 aromatic heterocycles. The molecular formula is C17H28N8O3. The van der Waals surface area contributed by atoms with E-state index in [4.69, 9.17) is 11.5 Å². The average Bonchev–Trinajstić information content (AvgIpc) is 2.68. The highest BCUT2D eigenvalue weighted by Crippen LogP contribution is 2.31. The van der Waals surface area contributed by atoms with Gasteiger partial charge in [0.1, 0.15) is 5.69 Å². The van der Waals surface area contributed by atoms with Crippen LogP contribution in [0.15, 0.2) is 0 Å². The number of anilines is 2. The minimum absolute atomic E-state index is 0.0228. The van der Waals surface area contributed by atoms with Crippen LogP contribution in [0, 0.1) is 16.0 Å². The normalized spacial score (nSPS) is 22.7. The number of carbonyl (C=O) groups is 1. The molecule has 1 aliphatic heterocycles. The lowest BCUT2D eigenvalue weighted by molar-refractivity contribution is -0.385. The van der Waals surface area contributed by atoms with E-state index < -0.39 is 4.92 Å². The minimum atomic E-state index is -0.533. The van der Waals surface area contributed by atoms with E-state index in [1.165, 1.54) is 0 Å². The number of nitrogens with one attached hydrogen (secondary N) is 2. The van der Waals surface area contributed by atoms with Gasteiger partial charge in [0.05, 0.1) is 11.5 Å². The minimum Gasteiger partial charge on any atom is -0.378 e. The highest BCUT2D eigenvalue weighted by atomic mass is 16.6. The maximum atomic E-state index is 12.3.